The number of rotatable bonds is 6. The molecule has 0 saturated carbocycles. The van der Waals surface area contributed by atoms with E-state index >= 15 is 0 Å². The van der Waals surface area contributed by atoms with Crippen molar-refractivity contribution in [2.24, 2.45) is 4.99 Å². The fourth-order valence-electron chi connectivity index (χ4n) is 3.57. The SMILES string of the molecule is C1=C/C(=C(\c2ccccc2)c2ccc[nH]2)N=C1.C=CC1=C(C=C)C(C=C)=C(C=C)C1. The summed E-state index contributed by atoms with van der Waals surface area (Å²) in [5.41, 5.74) is 9.10. The van der Waals surface area contributed by atoms with Gasteiger partial charge in [-0.25, -0.2) is 0 Å². The van der Waals surface area contributed by atoms with Crippen molar-refractivity contribution in [3.05, 3.63) is 151 Å². The summed E-state index contributed by atoms with van der Waals surface area (Å²) in [6.45, 7) is 15.1. The summed E-state index contributed by atoms with van der Waals surface area (Å²) in [5, 5.41) is 0. The highest BCUT2D eigenvalue weighted by atomic mass is 14.8. The van der Waals surface area contributed by atoms with E-state index in [1.807, 2.05) is 73.1 Å². The van der Waals surface area contributed by atoms with Crippen molar-refractivity contribution in [3.8, 4) is 0 Å². The Morgan fingerprint density at radius 3 is 1.97 bits per heavy atom. The monoisotopic (exact) mass is 390 g/mol. The number of aromatic nitrogens is 1. The Kier molecular flexibility index (Phi) is 6.96. The van der Waals surface area contributed by atoms with E-state index in [0.717, 1.165) is 34.5 Å². The number of aromatic amines is 1. The van der Waals surface area contributed by atoms with Crippen molar-refractivity contribution >= 4 is 11.8 Å². The molecule has 4 rings (SSSR count). The molecule has 1 N–H and O–H groups in total. The number of benzene rings is 1. The minimum absolute atomic E-state index is 0.899. The molecule has 0 atom stereocenters. The number of allylic oxidation sites excluding steroid dienone is 10. The zero-order valence-corrected chi connectivity index (χ0v) is 17.1. The van der Waals surface area contributed by atoms with Crippen molar-refractivity contribution in [1.82, 2.24) is 4.98 Å². The van der Waals surface area contributed by atoms with Gasteiger partial charge in [0.15, 0.2) is 0 Å². The standard InChI is InChI=1S/C15H12N2.C13H14/c1-2-6-12(7-3-1)15(13-8-4-10-16-13)14-9-5-11-17-14;1-5-10-9-11(6-2)13(8-4)12(10)7-3/h1-11,16H;5-8H,1-4,9H2/b15-14-;. The lowest BCUT2D eigenvalue weighted by Crippen LogP contribution is -1.91. The maximum Gasteiger partial charge on any atom is 0.0729 e. The maximum absolute atomic E-state index is 4.39. The van der Waals surface area contributed by atoms with Gasteiger partial charge in [-0.05, 0) is 58.6 Å². The molecular weight excluding hydrogens is 364 g/mol. The minimum atomic E-state index is 0.899. The van der Waals surface area contributed by atoms with Crippen LogP contribution in [-0.2, 0) is 0 Å². The van der Waals surface area contributed by atoms with Gasteiger partial charge in [0.2, 0.25) is 0 Å². The van der Waals surface area contributed by atoms with Crippen LogP contribution in [0.5, 0.6) is 0 Å². The molecule has 0 amide bonds. The maximum atomic E-state index is 4.39. The van der Waals surface area contributed by atoms with Crippen molar-refractivity contribution in [2.75, 3.05) is 0 Å². The molecule has 0 radical (unpaired) electrons. The molecule has 2 heteroatoms. The second kappa shape index (κ2) is 10.0. The van der Waals surface area contributed by atoms with Gasteiger partial charge in [-0.2, -0.15) is 0 Å². The largest absolute Gasteiger partial charge is 0.361 e. The summed E-state index contributed by atoms with van der Waals surface area (Å²) < 4.78 is 0. The molecule has 1 aromatic carbocycles. The molecule has 148 valence electrons. The highest BCUT2D eigenvalue weighted by Crippen LogP contribution is 2.34. The number of hydrogen-bond donors (Lipinski definition) is 1. The van der Waals surface area contributed by atoms with Crippen molar-refractivity contribution < 1.29 is 0 Å². The van der Waals surface area contributed by atoms with E-state index in [4.69, 9.17) is 0 Å². The van der Waals surface area contributed by atoms with Crippen molar-refractivity contribution in [3.63, 3.8) is 0 Å². The van der Waals surface area contributed by atoms with Crippen LogP contribution < -0.4 is 0 Å². The van der Waals surface area contributed by atoms with Crippen LogP contribution in [-0.4, -0.2) is 11.2 Å². The van der Waals surface area contributed by atoms with Gasteiger partial charge in [-0.15, -0.1) is 0 Å². The second-order valence-corrected chi connectivity index (χ2v) is 6.72. The molecule has 1 aliphatic heterocycles. The summed E-state index contributed by atoms with van der Waals surface area (Å²) in [5.74, 6) is 0. The Labute approximate surface area is 179 Å². The Balaban J connectivity index is 0.000000178. The minimum Gasteiger partial charge on any atom is -0.361 e. The zero-order chi connectivity index (χ0) is 21.3. The topological polar surface area (TPSA) is 28.1 Å². The van der Waals surface area contributed by atoms with Crippen LogP contribution in [0.3, 0.4) is 0 Å². The van der Waals surface area contributed by atoms with E-state index in [9.17, 15) is 0 Å². The first kappa shape index (κ1) is 20.8. The molecule has 1 aromatic heterocycles. The van der Waals surface area contributed by atoms with E-state index in [0.29, 0.717) is 0 Å². The van der Waals surface area contributed by atoms with E-state index in [1.165, 1.54) is 16.7 Å². The molecule has 0 fully saturated rings. The van der Waals surface area contributed by atoms with Crippen LogP contribution in [0.4, 0.5) is 0 Å². The smallest absolute Gasteiger partial charge is 0.0729 e. The highest BCUT2D eigenvalue weighted by Gasteiger charge is 2.16. The molecule has 0 spiro atoms. The molecule has 2 nitrogen and oxygen atoms in total. The van der Waals surface area contributed by atoms with Gasteiger partial charge in [-0.3, -0.25) is 4.99 Å². The molecule has 0 unspecified atom stereocenters. The third-order valence-corrected chi connectivity index (χ3v) is 5.00. The first-order chi connectivity index (χ1) is 14.7. The predicted molar refractivity (Wildman–Crippen MR) is 130 cm³/mol. The molecular formula is C28H26N2. The van der Waals surface area contributed by atoms with Crippen LogP contribution in [0.1, 0.15) is 17.7 Å². The van der Waals surface area contributed by atoms with Crippen molar-refractivity contribution in [1.29, 1.82) is 0 Å². The average Bonchev–Trinajstić information content (AvgIpc) is 3.56. The summed E-state index contributed by atoms with van der Waals surface area (Å²) >= 11 is 0. The fraction of sp³-hybridized carbons (Fsp3) is 0.0357. The average molecular weight is 391 g/mol. The molecule has 2 heterocycles. The van der Waals surface area contributed by atoms with E-state index in [1.54, 1.807) is 0 Å². The van der Waals surface area contributed by atoms with Crippen LogP contribution in [0.15, 0.2) is 144 Å². The summed E-state index contributed by atoms with van der Waals surface area (Å²) in [4.78, 5) is 7.64. The first-order valence-corrected chi connectivity index (χ1v) is 9.84. The number of nitrogens with one attached hydrogen (secondary N) is 1. The number of aliphatic imine (C=N–C) groups is 1. The van der Waals surface area contributed by atoms with Crippen LogP contribution in [0, 0.1) is 0 Å². The van der Waals surface area contributed by atoms with Gasteiger partial charge in [0.05, 0.1) is 5.70 Å². The highest BCUT2D eigenvalue weighted by molar-refractivity contribution is 5.88. The number of H-pyrrole nitrogens is 1. The van der Waals surface area contributed by atoms with Crippen LogP contribution in [0.25, 0.3) is 5.57 Å². The van der Waals surface area contributed by atoms with E-state index in [2.05, 4.69) is 54.5 Å². The fourth-order valence-corrected chi connectivity index (χ4v) is 3.57. The molecule has 0 bridgehead atoms. The Morgan fingerprint density at radius 2 is 1.50 bits per heavy atom. The molecule has 0 saturated heterocycles. The Bertz CT molecular complexity index is 1050. The van der Waals surface area contributed by atoms with Gasteiger partial charge in [0.25, 0.3) is 0 Å². The van der Waals surface area contributed by atoms with Crippen LogP contribution in [0.2, 0.25) is 0 Å². The quantitative estimate of drug-likeness (QED) is 0.543. The first-order valence-electron chi connectivity index (χ1n) is 9.84. The third-order valence-electron chi connectivity index (χ3n) is 5.00. The third kappa shape index (κ3) is 4.39. The number of hydrogen-bond acceptors (Lipinski definition) is 1. The Hall–Kier alpha value is -3.91. The summed E-state index contributed by atoms with van der Waals surface area (Å²) in [6, 6.07) is 14.4. The lowest BCUT2D eigenvalue weighted by atomic mass is 10.0. The van der Waals surface area contributed by atoms with Crippen molar-refractivity contribution in [2.45, 2.75) is 6.42 Å². The lowest BCUT2D eigenvalue weighted by Gasteiger charge is -2.07. The Morgan fingerprint density at radius 1 is 0.833 bits per heavy atom. The van der Waals surface area contributed by atoms with Gasteiger partial charge in [-0.1, -0.05) is 81.0 Å². The van der Waals surface area contributed by atoms with Crippen LogP contribution >= 0.6 is 0 Å². The molecule has 30 heavy (non-hydrogen) atoms. The summed E-state index contributed by atoms with van der Waals surface area (Å²) in [6.07, 6.45) is 16.1. The summed E-state index contributed by atoms with van der Waals surface area (Å²) in [7, 11) is 0. The predicted octanol–water partition coefficient (Wildman–Crippen LogP) is 7.14. The molecule has 2 aliphatic rings. The lowest BCUT2D eigenvalue weighted by molar-refractivity contribution is 1.25. The van der Waals surface area contributed by atoms with E-state index < -0.39 is 0 Å². The molecule has 1 aliphatic carbocycles. The second-order valence-electron chi connectivity index (χ2n) is 6.72. The zero-order valence-electron chi connectivity index (χ0n) is 17.1. The van der Waals surface area contributed by atoms with Gasteiger partial charge in [0, 0.05) is 23.7 Å². The molecule has 2 aromatic rings. The van der Waals surface area contributed by atoms with Gasteiger partial charge >= 0.3 is 0 Å². The van der Waals surface area contributed by atoms with Gasteiger partial charge in [0.1, 0.15) is 0 Å². The number of nitrogens with zero attached hydrogens (tertiary/aromatic N) is 1. The normalized spacial score (nSPS) is 16.3. The van der Waals surface area contributed by atoms with E-state index in [-0.39, 0.29) is 0 Å². The van der Waals surface area contributed by atoms with Gasteiger partial charge < -0.3 is 4.98 Å².